The molecule has 1 aliphatic heterocycles. The van der Waals surface area contributed by atoms with Crippen LogP contribution in [0.15, 0.2) is 61.0 Å². The van der Waals surface area contributed by atoms with E-state index in [0.29, 0.717) is 16.8 Å². The molecule has 0 bridgehead atoms. The minimum Gasteiger partial charge on any atom is -0.507 e. The molecule has 11 heteroatoms. The maximum Gasteiger partial charge on any atom is 0.350 e. The Hall–Kier alpha value is -3.53. The van der Waals surface area contributed by atoms with Gasteiger partial charge in [-0.05, 0) is 36.8 Å². The molecule has 1 saturated heterocycles. The van der Waals surface area contributed by atoms with Gasteiger partial charge in [0.25, 0.3) is 5.78 Å². The first kappa shape index (κ1) is 24.6. The van der Waals surface area contributed by atoms with Crippen LogP contribution in [0.1, 0.15) is 32.5 Å². The van der Waals surface area contributed by atoms with Crippen LogP contribution in [0, 0.1) is 6.92 Å². The third-order valence-electron chi connectivity index (χ3n) is 5.17. The van der Waals surface area contributed by atoms with Gasteiger partial charge in [-0.25, -0.2) is 9.78 Å². The van der Waals surface area contributed by atoms with E-state index in [0.717, 1.165) is 16.2 Å². The van der Waals surface area contributed by atoms with Crippen LogP contribution in [0.3, 0.4) is 0 Å². The van der Waals surface area contributed by atoms with Crippen LogP contribution in [-0.2, 0) is 14.3 Å². The molecular weight excluding hydrogens is 513 g/mol. The molecule has 1 atom stereocenters. The standard InChI is InChI=1S/C24H17Cl2N3O5S/c1-3-10-34-23(33)21-12(2)28-24(35-21)29-18(14-4-5-15(25)16(26)11-14)17(20(31)22(29)32)19(30)13-6-8-27-9-7-13/h3-9,11,18,30H,1,10H2,2H3/b19-17+. The van der Waals surface area contributed by atoms with Crippen molar-refractivity contribution in [1.82, 2.24) is 9.97 Å². The van der Waals surface area contributed by atoms with Crippen molar-refractivity contribution in [2.24, 2.45) is 0 Å². The molecule has 178 valence electrons. The van der Waals surface area contributed by atoms with Gasteiger partial charge in [-0.15, -0.1) is 0 Å². The average Bonchev–Trinajstić information content (AvgIpc) is 3.36. The van der Waals surface area contributed by atoms with E-state index in [1.165, 1.54) is 42.7 Å². The lowest BCUT2D eigenvalue weighted by Gasteiger charge is -2.23. The summed E-state index contributed by atoms with van der Waals surface area (Å²) >= 11 is 13.2. The van der Waals surface area contributed by atoms with E-state index in [9.17, 15) is 19.5 Å². The van der Waals surface area contributed by atoms with Crippen LogP contribution in [-0.4, -0.2) is 39.3 Å². The normalized spacial score (nSPS) is 17.0. The molecule has 8 nitrogen and oxygen atoms in total. The number of hydrogen-bond donors (Lipinski definition) is 1. The number of rotatable bonds is 6. The summed E-state index contributed by atoms with van der Waals surface area (Å²) < 4.78 is 5.10. The summed E-state index contributed by atoms with van der Waals surface area (Å²) in [6.07, 6.45) is 4.33. The predicted molar refractivity (Wildman–Crippen MR) is 133 cm³/mol. The quantitative estimate of drug-likeness (QED) is 0.155. The molecular formula is C24H17Cl2N3O5S. The Kier molecular flexibility index (Phi) is 7.02. The Morgan fingerprint density at radius 2 is 1.94 bits per heavy atom. The molecule has 2 aromatic heterocycles. The highest BCUT2D eigenvalue weighted by molar-refractivity contribution is 7.17. The number of aliphatic hydroxyl groups excluding tert-OH is 1. The van der Waals surface area contributed by atoms with Gasteiger partial charge in [-0.1, -0.05) is 53.3 Å². The van der Waals surface area contributed by atoms with Crippen molar-refractivity contribution in [2.45, 2.75) is 13.0 Å². The zero-order valence-electron chi connectivity index (χ0n) is 18.2. The smallest absolute Gasteiger partial charge is 0.350 e. The molecule has 1 aliphatic rings. The second-order valence-electron chi connectivity index (χ2n) is 7.38. The van der Waals surface area contributed by atoms with Crippen molar-refractivity contribution < 1.29 is 24.2 Å². The molecule has 0 aliphatic carbocycles. The number of pyridine rings is 1. The molecule has 3 heterocycles. The van der Waals surface area contributed by atoms with Crippen molar-refractivity contribution in [3.05, 3.63) is 92.7 Å². The summed E-state index contributed by atoms with van der Waals surface area (Å²) in [5, 5.41) is 11.6. The Morgan fingerprint density at radius 1 is 1.23 bits per heavy atom. The van der Waals surface area contributed by atoms with Crippen LogP contribution in [0.5, 0.6) is 0 Å². The second-order valence-corrected chi connectivity index (χ2v) is 9.17. The number of aliphatic hydroxyl groups is 1. The monoisotopic (exact) mass is 529 g/mol. The molecule has 1 unspecified atom stereocenters. The third-order valence-corrected chi connectivity index (χ3v) is 7.04. The van der Waals surface area contributed by atoms with E-state index in [4.69, 9.17) is 27.9 Å². The number of aromatic nitrogens is 2. The van der Waals surface area contributed by atoms with Crippen molar-refractivity contribution in [2.75, 3.05) is 11.5 Å². The number of carbonyl (C=O) groups excluding carboxylic acids is 3. The van der Waals surface area contributed by atoms with E-state index >= 15 is 0 Å². The molecule has 35 heavy (non-hydrogen) atoms. The van der Waals surface area contributed by atoms with E-state index in [2.05, 4.69) is 16.5 Å². The topological polar surface area (TPSA) is 110 Å². The minimum atomic E-state index is -1.08. The van der Waals surface area contributed by atoms with Crippen LogP contribution in [0.4, 0.5) is 5.13 Å². The largest absolute Gasteiger partial charge is 0.507 e. The van der Waals surface area contributed by atoms with Crippen molar-refractivity contribution in [1.29, 1.82) is 0 Å². The fraction of sp³-hybridized carbons (Fsp3) is 0.125. The average molecular weight is 530 g/mol. The number of benzene rings is 1. The van der Waals surface area contributed by atoms with Gasteiger partial charge in [-0.2, -0.15) is 0 Å². The number of halogens is 2. The number of Topliss-reactive ketones (excluding diaryl/α,β-unsaturated/α-hetero) is 1. The fourth-order valence-electron chi connectivity index (χ4n) is 3.57. The number of aryl methyl sites for hydroxylation is 1. The maximum atomic E-state index is 13.2. The minimum absolute atomic E-state index is 0.00519. The Bertz CT molecular complexity index is 1390. The number of ether oxygens (including phenoxy) is 1. The highest BCUT2D eigenvalue weighted by Gasteiger charge is 2.48. The molecule has 1 fully saturated rings. The van der Waals surface area contributed by atoms with Gasteiger partial charge in [0, 0.05) is 18.0 Å². The molecule has 1 aromatic carbocycles. The lowest BCUT2D eigenvalue weighted by atomic mass is 9.95. The van der Waals surface area contributed by atoms with Crippen LogP contribution in [0.2, 0.25) is 10.0 Å². The summed E-state index contributed by atoms with van der Waals surface area (Å²) in [6.45, 7) is 5.10. The number of ketones is 1. The van der Waals surface area contributed by atoms with Gasteiger partial charge < -0.3 is 9.84 Å². The first-order valence-electron chi connectivity index (χ1n) is 10.2. The zero-order valence-corrected chi connectivity index (χ0v) is 20.5. The lowest BCUT2D eigenvalue weighted by molar-refractivity contribution is -0.132. The van der Waals surface area contributed by atoms with Crippen molar-refractivity contribution >= 4 is 63.1 Å². The Labute approximate surface area is 214 Å². The number of anilines is 1. The first-order chi connectivity index (χ1) is 16.7. The van der Waals surface area contributed by atoms with Gasteiger partial charge in [-0.3, -0.25) is 19.5 Å². The number of esters is 1. The molecule has 3 aromatic rings. The van der Waals surface area contributed by atoms with E-state index in [-0.39, 0.29) is 38.0 Å². The fourth-order valence-corrected chi connectivity index (χ4v) is 4.86. The highest BCUT2D eigenvalue weighted by atomic mass is 35.5. The molecule has 1 amide bonds. The van der Waals surface area contributed by atoms with Gasteiger partial charge in [0.05, 0.1) is 27.4 Å². The van der Waals surface area contributed by atoms with E-state index < -0.39 is 23.7 Å². The van der Waals surface area contributed by atoms with Gasteiger partial charge >= 0.3 is 11.9 Å². The van der Waals surface area contributed by atoms with Crippen LogP contribution in [0.25, 0.3) is 5.76 Å². The van der Waals surface area contributed by atoms with Gasteiger partial charge in [0.1, 0.15) is 17.2 Å². The SMILES string of the molecule is C=CCOC(=O)c1sc(N2C(=O)C(=O)/C(=C(/O)c3ccncc3)C2c2ccc(Cl)c(Cl)c2)nc1C. The van der Waals surface area contributed by atoms with Crippen LogP contribution >= 0.6 is 34.5 Å². The summed E-state index contributed by atoms with van der Waals surface area (Å²) in [7, 11) is 0. The first-order valence-corrected chi connectivity index (χ1v) is 11.7. The molecule has 0 spiro atoms. The second kappa shape index (κ2) is 9.99. The van der Waals surface area contributed by atoms with Crippen molar-refractivity contribution in [3.8, 4) is 0 Å². The van der Waals surface area contributed by atoms with Crippen LogP contribution < -0.4 is 4.90 Å². The molecule has 4 rings (SSSR count). The number of nitrogens with zero attached hydrogens (tertiary/aromatic N) is 3. The number of hydrogen-bond acceptors (Lipinski definition) is 8. The number of amides is 1. The van der Waals surface area contributed by atoms with E-state index in [1.54, 1.807) is 13.0 Å². The Balaban J connectivity index is 1.90. The summed E-state index contributed by atoms with van der Waals surface area (Å²) in [4.78, 5) is 48.5. The molecule has 0 saturated carbocycles. The maximum absolute atomic E-state index is 13.2. The summed E-state index contributed by atoms with van der Waals surface area (Å²) in [5.41, 5.74) is 0.871. The van der Waals surface area contributed by atoms with Gasteiger partial charge in [0.15, 0.2) is 5.13 Å². The number of thiazole rings is 1. The molecule has 1 N–H and O–H groups in total. The summed E-state index contributed by atoms with van der Waals surface area (Å²) in [5.74, 6) is -2.86. The Morgan fingerprint density at radius 3 is 2.60 bits per heavy atom. The van der Waals surface area contributed by atoms with E-state index in [1.807, 2.05) is 0 Å². The lowest BCUT2D eigenvalue weighted by Crippen LogP contribution is -2.29. The highest BCUT2D eigenvalue weighted by Crippen LogP contribution is 2.44. The molecule has 0 radical (unpaired) electrons. The predicted octanol–water partition coefficient (Wildman–Crippen LogP) is 5.12. The number of carbonyl (C=O) groups is 3. The third kappa shape index (κ3) is 4.58. The summed E-state index contributed by atoms with van der Waals surface area (Å²) in [6, 6.07) is 6.56. The van der Waals surface area contributed by atoms with Crippen molar-refractivity contribution in [3.63, 3.8) is 0 Å². The van der Waals surface area contributed by atoms with Gasteiger partial charge in [0.2, 0.25) is 0 Å². The zero-order chi connectivity index (χ0) is 25.3.